The zero-order valence-corrected chi connectivity index (χ0v) is 16.4. The monoisotopic (exact) mass is 400 g/mol. The van der Waals surface area contributed by atoms with Crippen molar-refractivity contribution in [3.8, 4) is 5.75 Å². The van der Waals surface area contributed by atoms with E-state index in [1.54, 1.807) is 60.5 Å². The molecule has 2 amide bonds. The standard InChI is InChI=1S/C21H21ClN2O4/c1-3-28-15-10-8-14(9-11-15)18-19(23(2)12-13-25)21(27)24(20(18)26)17-7-5-4-6-16(17)22/h4-11,25H,3,12-13H2,1-2H3. The second-order valence-electron chi connectivity index (χ2n) is 6.22. The topological polar surface area (TPSA) is 70.1 Å². The highest BCUT2D eigenvalue weighted by Gasteiger charge is 2.42. The summed E-state index contributed by atoms with van der Waals surface area (Å²) in [5.41, 5.74) is 1.41. The fourth-order valence-electron chi connectivity index (χ4n) is 3.13. The summed E-state index contributed by atoms with van der Waals surface area (Å²) >= 11 is 6.24. The average molecular weight is 401 g/mol. The van der Waals surface area contributed by atoms with Crippen LogP contribution in [0.3, 0.4) is 0 Å². The van der Waals surface area contributed by atoms with Crippen molar-refractivity contribution in [3.63, 3.8) is 0 Å². The number of aliphatic hydroxyl groups is 1. The highest BCUT2D eigenvalue weighted by molar-refractivity contribution is 6.47. The van der Waals surface area contributed by atoms with E-state index >= 15 is 0 Å². The van der Waals surface area contributed by atoms with Crippen LogP contribution in [0.4, 0.5) is 5.69 Å². The van der Waals surface area contributed by atoms with Gasteiger partial charge in [0.05, 0.1) is 29.5 Å². The van der Waals surface area contributed by atoms with Crippen LogP contribution >= 0.6 is 11.6 Å². The molecular formula is C21H21ClN2O4. The van der Waals surface area contributed by atoms with Crippen molar-refractivity contribution in [2.24, 2.45) is 0 Å². The lowest BCUT2D eigenvalue weighted by Crippen LogP contribution is -2.35. The van der Waals surface area contributed by atoms with Crippen LogP contribution in [-0.4, -0.2) is 48.6 Å². The lowest BCUT2D eigenvalue weighted by Gasteiger charge is -2.20. The van der Waals surface area contributed by atoms with Gasteiger partial charge in [-0.3, -0.25) is 9.59 Å². The van der Waals surface area contributed by atoms with Gasteiger partial charge in [-0.25, -0.2) is 4.90 Å². The smallest absolute Gasteiger partial charge is 0.282 e. The molecule has 2 aromatic rings. The molecule has 0 unspecified atom stereocenters. The van der Waals surface area contributed by atoms with Crippen molar-refractivity contribution in [1.82, 2.24) is 4.90 Å². The van der Waals surface area contributed by atoms with E-state index in [0.29, 0.717) is 28.6 Å². The molecule has 0 aromatic heterocycles. The Morgan fingerprint density at radius 3 is 2.36 bits per heavy atom. The van der Waals surface area contributed by atoms with Crippen molar-refractivity contribution in [1.29, 1.82) is 0 Å². The molecule has 1 heterocycles. The second kappa shape index (κ2) is 8.46. The summed E-state index contributed by atoms with van der Waals surface area (Å²) in [5.74, 6) is -0.253. The van der Waals surface area contributed by atoms with Crippen molar-refractivity contribution in [3.05, 3.63) is 64.8 Å². The van der Waals surface area contributed by atoms with Crippen molar-refractivity contribution >= 4 is 34.7 Å². The molecule has 7 heteroatoms. The second-order valence-corrected chi connectivity index (χ2v) is 6.63. The molecule has 3 rings (SSSR count). The highest BCUT2D eigenvalue weighted by atomic mass is 35.5. The third-order valence-electron chi connectivity index (χ3n) is 4.42. The first kappa shape index (κ1) is 19.9. The van der Waals surface area contributed by atoms with Crippen LogP contribution in [0.1, 0.15) is 12.5 Å². The third-order valence-corrected chi connectivity index (χ3v) is 4.74. The SMILES string of the molecule is CCOc1ccc(C2=C(N(C)CCO)C(=O)N(c3ccccc3Cl)C2=O)cc1. The number of benzene rings is 2. The van der Waals surface area contributed by atoms with Gasteiger partial charge in [-0.05, 0) is 36.8 Å². The molecule has 0 fully saturated rings. The first-order valence-electron chi connectivity index (χ1n) is 8.92. The summed E-state index contributed by atoms with van der Waals surface area (Å²) in [7, 11) is 1.67. The third kappa shape index (κ3) is 3.61. The number of halogens is 1. The van der Waals surface area contributed by atoms with Crippen LogP contribution in [0.25, 0.3) is 5.57 Å². The minimum Gasteiger partial charge on any atom is -0.494 e. The summed E-state index contributed by atoms with van der Waals surface area (Å²) in [5, 5.41) is 9.62. The zero-order chi connectivity index (χ0) is 20.3. The number of carbonyl (C=O) groups excluding carboxylic acids is 2. The minimum atomic E-state index is -0.474. The van der Waals surface area contributed by atoms with Gasteiger partial charge in [0.25, 0.3) is 11.8 Å². The first-order valence-corrected chi connectivity index (χ1v) is 9.30. The predicted octanol–water partition coefficient (Wildman–Crippen LogP) is 2.95. The number of hydrogen-bond donors (Lipinski definition) is 1. The van der Waals surface area contributed by atoms with Crippen LogP contribution in [-0.2, 0) is 9.59 Å². The summed E-state index contributed by atoms with van der Waals surface area (Å²) < 4.78 is 5.45. The molecule has 1 aliphatic heterocycles. The Labute approximate surface area is 168 Å². The van der Waals surface area contributed by atoms with E-state index < -0.39 is 11.8 Å². The Morgan fingerprint density at radius 2 is 1.75 bits per heavy atom. The molecule has 0 spiro atoms. The van der Waals surface area contributed by atoms with Crippen LogP contribution in [0.5, 0.6) is 5.75 Å². The highest BCUT2D eigenvalue weighted by Crippen LogP contribution is 2.37. The van der Waals surface area contributed by atoms with Gasteiger partial charge in [0.2, 0.25) is 0 Å². The number of para-hydroxylation sites is 1. The minimum absolute atomic E-state index is 0.149. The van der Waals surface area contributed by atoms with E-state index in [1.807, 2.05) is 6.92 Å². The molecule has 6 nitrogen and oxygen atoms in total. The lowest BCUT2D eigenvalue weighted by molar-refractivity contribution is -0.120. The molecule has 1 aliphatic rings. The van der Waals surface area contributed by atoms with E-state index in [4.69, 9.17) is 16.3 Å². The number of rotatable bonds is 7. The van der Waals surface area contributed by atoms with E-state index in [-0.39, 0.29) is 24.4 Å². The van der Waals surface area contributed by atoms with Gasteiger partial charge >= 0.3 is 0 Å². The van der Waals surface area contributed by atoms with Gasteiger partial charge in [0.1, 0.15) is 11.4 Å². The summed E-state index contributed by atoms with van der Waals surface area (Å²) in [4.78, 5) is 29.1. The molecule has 0 saturated heterocycles. The number of ether oxygens (including phenoxy) is 1. The molecule has 2 aromatic carbocycles. The predicted molar refractivity (Wildman–Crippen MR) is 108 cm³/mol. The average Bonchev–Trinajstić information content (AvgIpc) is 2.94. The number of nitrogens with zero attached hydrogens (tertiary/aromatic N) is 2. The van der Waals surface area contributed by atoms with Gasteiger partial charge in [-0.2, -0.15) is 0 Å². The largest absolute Gasteiger partial charge is 0.494 e. The van der Waals surface area contributed by atoms with Gasteiger partial charge in [0.15, 0.2) is 0 Å². The summed E-state index contributed by atoms with van der Waals surface area (Å²) in [6.07, 6.45) is 0. The molecule has 0 aliphatic carbocycles. The Balaban J connectivity index is 2.10. The van der Waals surface area contributed by atoms with Crippen molar-refractivity contribution < 1.29 is 19.4 Å². The van der Waals surface area contributed by atoms with Crippen molar-refractivity contribution in [2.75, 3.05) is 31.7 Å². The molecule has 146 valence electrons. The Hall–Kier alpha value is -2.83. The van der Waals surface area contributed by atoms with E-state index in [1.165, 1.54) is 0 Å². The molecule has 28 heavy (non-hydrogen) atoms. The maximum atomic E-state index is 13.3. The Morgan fingerprint density at radius 1 is 1.07 bits per heavy atom. The molecule has 0 saturated carbocycles. The fourth-order valence-corrected chi connectivity index (χ4v) is 3.35. The first-order chi connectivity index (χ1) is 13.5. The van der Waals surface area contributed by atoms with Gasteiger partial charge < -0.3 is 14.7 Å². The van der Waals surface area contributed by atoms with Gasteiger partial charge in [-0.15, -0.1) is 0 Å². The number of imide groups is 1. The quantitative estimate of drug-likeness (QED) is 0.723. The van der Waals surface area contributed by atoms with Crippen LogP contribution < -0.4 is 9.64 Å². The molecule has 0 atom stereocenters. The molecular weight excluding hydrogens is 380 g/mol. The van der Waals surface area contributed by atoms with E-state index in [0.717, 1.165) is 4.90 Å². The van der Waals surface area contributed by atoms with Crippen LogP contribution in [0, 0.1) is 0 Å². The normalized spacial score (nSPS) is 14.1. The number of likely N-dealkylation sites (N-methyl/N-ethyl adjacent to an activating group) is 1. The zero-order valence-electron chi connectivity index (χ0n) is 15.7. The molecule has 1 N–H and O–H groups in total. The lowest BCUT2D eigenvalue weighted by atomic mass is 10.0. The van der Waals surface area contributed by atoms with Gasteiger partial charge in [0, 0.05) is 13.6 Å². The van der Waals surface area contributed by atoms with E-state index in [2.05, 4.69) is 0 Å². The number of carbonyl (C=O) groups is 2. The summed E-state index contributed by atoms with van der Waals surface area (Å²) in [6, 6.07) is 13.7. The van der Waals surface area contributed by atoms with Crippen molar-refractivity contribution in [2.45, 2.75) is 6.92 Å². The number of hydrogen-bond acceptors (Lipinski definition) is 5. The maximum absolute atomic E-state index is 13.3. The number of anilines is 1. The fraction of sp³-hybridized carbons (Fsp3) is 0.238. The molecule has 0 radical (unpaired) electrons. The maximum Gasteiger partial charge on any atom is 0.282 e. The summed E-state index contributed by atoms with van der Waals surface area (Å²) in [6.45, 7) is 2.48. The van der Waals surface area contributed by atoms with Crippen LogP contribution in [0.2, 0.25) is 5.02 Å². The number of amides is 2. The van der Waals surface area contributed by atoms with Crippen LogP contribution in [0.15, 0.2) is 54.2 Å². The molecule has 0 bridgehead atoms. The Kier molecular flexibility index (Phi) is 6.02. The number of aliphatic hydroxyl groups excluding tert-OH is 1. The van der Waals surface area contributed by atoms with Gasteiger partial charge in [-0.1, -0.05) is 35.9 Å². The van der Waals surface area contributed by atoms with E-state index in [9.17, 15) is 14.7 Å². The Bertz CT molecular complexity index is 924.